The van der Waals surface area contributed by atoms with E-state index in [9.17, 15) is 14.0 Å². The van der Waals surface area contributed by atoms with Gasteiger partial charge in [0, 0.05) is 13.1 Å². The summed E-state index contributed by atoms with van der Waals surface area (Å²) in [6.07, 6.45) is -0.256. The SMILES string of the molecule is C[C@@H]1CN(C(=O)n2nnn(-c3cccc(F)c3)c2=O)C[C@H](C)O1. The van der Waals surface area contributed by atoms with Gasteiger partial charge in [0.25, 0.3) is 0 Å². The molecule has 1 amide bonds. The summed E-state index contributed by atoms with van der Waals surface area (Å²) in [7, 11) is 0. The number of aromatic nitrogens is 4. The summed E-state index contributed by atoms with van der Waals surface area (Å²) in [6, 6.07) is 4.78. The standard InChI is InChI=1S/C14H16FN5O3/c1-9-7-18(8-10(2)23-9)13(21)20-14(22)19(16-17-20)12-5-3-4-11(15)6-12/h3-6,9-10H,7-8H2,1-2H3/t9-,10+. The van der Waals surface area contributed by atoms with Crippen molar-refractivity contribution in [1.29, 1.82) is 0 Å². The van der Waals surface area contributed by atoms with Gasteiger partial charge >= 0.3 is 11.7 Å². The second-order valence-electron chi connectivity index (χ2n) is 5.51. The molecular weight excluding hydrogens is 305 g/mol. The van der Waals surface area contributed by atoms with Gasteiger partial charge in [-0.15, -0.1) is 4.68 Å². The quantitative estimate of drug-likeness (QED) is 0.720. The molecule has 0 N–H and O–H groups in total. The Morgan fingerprint density at radius 1 is 1.26 bits per heavy atom. The second-order valence-corrected chi connectivity index (χ2v) is 5.51. The van der Waals surface area contributed by atoms with Crippen LogP contribution in [0.25, 0.3) is 5.69 Å². The van der Waals surface area contributed by atoms with Crippen LogP contribution in [0.4, 0.5) is 9.18 Å². The van der Waals surface area contributed by atoms with Crippen molar-refractivity contribution in [3.63, 3.8) is 0 Å². The molecule has 9 heteroatoms. The average Bonchev–Trinajstić information content (AvgIpc) is 2.87. The molecule has 0 saturated carbocycles. The van der Waals surface area contributed by atoms with E-state index in [2.05, 4.69) is 10.4 Å². The number of rotatable bonds is 1. The van der Waals surface area contributed by atoms with E-state index < -0.39 is 17.5 Å². The van der Waals surface area contributed by atoms with Crippen molar-refractivity contribution in [2.75, 3.05) is 13.1 Å². The highest BCUT2D eigenvalue weighted by molar-refractivity contribution is 5.75. The van der Waals surface area contributed by atoms with Crippen molar-refractivity contribution in [3.05, 3.63) is 40.6 Å². The van der Waals surface area contributed by atoms with Crippen molar-refractivity contribution in [2.24, 2.45) is 0 Å². The zero-order chi connectivity index (χ0) is 16.6. The smallest absolute Gasteiger partial charge is 0.372 e. The Bertz CT molecular complexity index is 777. The number of hydrogen-bond donors (Lipinski definition) is 0. The summed E-state index contributed by atoms with van der Waals surface area (Å²) in [4.78, 5) is 26.3. The Kier molecular flexibility index (Phi) is 3.95. The largest absolute Gasteiger partial charge is 0.377 e. The Balaban J connectivity index is 1.90. The van der Waals surface area contributed by atoms with E-state index in [0.29, 0.717) is 17.8 Å². The summed E-state index contributed by atoms with van der Waals surface area (Å²) in [5.41, 5.74) is -0.537. The second kappa shape index (κ2) is 5.92. The van der Waals surface area contributed by atoms with Crippen LogP contribution in [0.3, 0.4) is 0 Å². The van der Waals surface area contributed by atoms with E-state index >= 15 is 0 Å². The minimum absolute atomic E-state index is 0.128. The molecule has 2 aromatic rings. The molecule has 1 aromatic heterocycles. The molecule has 0 aliphatic carbocycles. The molecule has 3 rings (SSSR count). The van der Waals surface area contributed by atoms with Crippen molar-refractivity contribution in [2.45, 2.75) is 26.1 Å². The van der Waals surface area contributed by atoms with Gasteiger partial charge in [-0.25, -0.2) is 14.0 Å². The molecule has 0 unspecified atom stereocenters. The molecule has 23 heavy (non-hydrogen) atoms. The molecule has 0 radical (unpaired) electrons. The first-order valence-electron chi connectivity index (χ1n) is 7.21. The lowest BCUT2D eigenvalue weighted by atomic mass is 10.2. The number of benzene rings is 1. The van der Waals surface area contributed by atoms with Gasteiger partial charge in [0.1, 0.15) is 5.82 Å². The predicted molar refractivity (Wildman–Crippen MR) is 78.0 cm³/mol. The highest BCUT2D eigenvalue weighted by Crippen LogP contribution is 2.11. The molecule has 2 heterocycles. The number of amides is 1. The van der Waals surface area contributed by atoms with Crippen LogP contribution < -0.4 is 5.69 Å². The van der Waals surface area contributed by atoms with Gasteiger partial charge in [-0.05, 0) is 42.5 Å². The molecule has 1 saturated heterocycles. The number of hydrogen-bond acceptors (Lipinski definition) is 5. The third-order valence-corrected chi connectivity index (χ3v) is 3.51. The van der Waals surface area contributed by atoms with Crippen LogP contribution in [0.1, 0.15) is 13.8 Å². The molecule has 1 aliphatic rings. The number of nitrogens with zero attached hydrogens (tertiary/aromatic N) is 5. The van der Waals surface area contributed by atoms with Gasteiger partial charge in [-0.3, -0.25) is 0 Å². The first-order chi connectivity index (χ1) is 11.0. The highest BCUT2D eigenvalue weighted by Gasteiger charge is 2.29. The molecular formula is C14H16FN5O3. The summed E-state index contributed by atoms with van der Waals surface area (Å²) in [6.45, 7) is 4.43. The summed E-state index contributed by atoms with van der Waals surface area (Å²) in [5.74, 6) is -0.508. The molecule has 0 spiro atoms. The van der Waals surface area contributed by atoms with E-state index in [1.54, 1.807) is 0 Å². The minimum atomic E-state index is -0.743. The molecule has 1 aliphatic heterocycles. The van der Waals surface area contributed by atoms with Gasteiger partial charge < -0.3 is 9.64 Å². The zero-order valence-electron chi connectivity index (χ0n) is 12.7. The minimum Gasteiger partial charge on any atom is -0.372 e. The van der Waals surface area contributed by atoms with Gasteiger partial charge in [0.2, 0.25) is 0 Å². The van der Waals surface area contributed by atoms with E-state index in [4.69, 9.17) is 4.74 Å². The maximum atomic E-state index is 13.3. The van der Waals surface area contributed by atoms with Crippen LogP contribution >= 0.6 is 0 Å². The summed E-state index contributed by atoms with van der Waals surface area (Å²) >= 11 is 0. The van der Waals surface area contributed by atoms with Gasteiger partial charge in [-0.1, -0.05) is 6.07 Å². The Labute approximate surface area is 131 Å². The maximum absolute atomic E-state index is 13.3. The lowest BCUT2D eigenvalue weighted by molar-refractivity contribution is -0.0547. The molecule has 2 atom stereocenters. The topological polar surface area (TPSA) is 82.3 Å². The fourth-order valence-corrected chi connectivity index (χ4v) is 2.60. The normalized spacial score (nSPS) is 21.4. The van der Waals surface area contributed by atoms with Gasteiger partial charge in [-0.2, -0.15) is 4.68 Å². The third kappa shape index (κ3) is 3.00. The monoisotopic (exact) mass is 321 g/mol. The van der Waals surface area contributed by atoms with Crippen molar-refractivity contribution in [1.82, 2.24) is 24.7 Å². The molecule has 0 bridgehead atoms. The summed E-state index contributed by atoms with van der Waals surface area (Å²) < 4.78 is 20.4. The van der Waals surface area contributed by atoms with E-state index in [1.807, 2.05) is 13.8 Å². The molecule has 1 fully saturated rings. The van der Waals surface area contributed by atoms with Crippen LogP contribution in [-0.4, -0.2) is 56.0 Å². The van der Waals surface area contributed by atoms with E-state index in [-0.39, 0.29) is 17.9 Å². The Morgan fingerprint density at radius 2 is 1.96 bits per heavy atom. The Morgan fingerprint density at radius 3 is 2.61 bits per heavy atom. The van der Waals surface area contributed by atoms with Crippen LogP contribution in [0.2, 0.25) is 0 Å². The maximum Gasteiger partial charge on any atom is 0.377 e. The predicted octanol–water partition coefficient (Wildman–Crippen LogP) is 0.645. The average molecular weight is 321 g/mol. The number of carbonyl (C=O) groups is 1. The van der Waals surface area contributed by atoms with Crippen molar-refractivity contribution < 1.29 is 13.9 Å². The van der Waals surface area contributed by atoms with Crippen LogP contribution in [0.5, 0.6) is 0 Å². The number of carbonyl (C=O) groups excluding carboxylic acids is 1. The van der Waals surface area contributed by atoms with Gasteiger partial charge in [0.15, 0.2) is 0 Å². The van der Waals surface area contributed by atoms with Crippen molar-refractivity contribution >= 4 is 6.03 Å². The number of halogens is 1. The number of ether oxygens (including phenoxy) is 1. The number of tetrazole rings is 1. The summed E-state index contributed by atoms with van der Waals surface area (Å²) in [5, 5.41) is 7.26. The fourth-order valence-electron chi connectivity index (χ4n) is 2.60. The van der Waals surface area contributed by atoms with Crippen LogP contribution in [0.15, 0.2) is 29.1 Å². The van der Waals surface area contributed by atoms with Crippen LogP contribution in [-0.2, 0) is 4.74 Å². The number of morpholine rings is 1. The Hall–Kier alpha value is -2.55. The van der Waals surface area contributed by atoms with Gasteiger partial charge in [0.05, 0.1) is 17.9 Å². The zero-order valence-corrected chi connectivity index (χ0v) is 12.7. The van der Waals surface area contributed by atoms with Crippen molar-refractivity contribution in [3.8, 4) is 5.69 Å². The third-order valence-electron chi connectivity index (χ3n) is 3.51. The molecule has 1 aromatic carbocycles. The first-order valence-corrected chi connectivity index (χ1v) is 7.21. The van der Waals surface area contributed by atoms with Crippen LogP contribution in [0, 0.1) is 5.82 Å². The lowest BCUT2D eigenvalue weighted by Crippen LogP contribution is -2.51. The fraction of sp³-hybridized carbons (Fsp3) is 0.429. The lowest BCUT2D eigenvalue weighted by Gasteiger charge is -2.34. The highest BCUT2D eigenvalue weighted by atomic mass is 19.1. The van der Waals surface area contributed by atoms with E-state index in [1.165, 1.54) is 23.1 Å². The first kappa shape index (κ1) is 15.3. The van der Waals surface area contributed by atoms with E-state index in [0.717, 1.165) is 10.7 Å². The molecule has 8 nitrogen and oxygen atoms in total. The molecule has 122 valence electrons.